The van der Waals surface area contributed by atoms with Gasteiger partial charge in [-0.1, -0.05) is 18.2 Å². The van der Waals surface area contributed by atoms with Gasteiger partial charge in [-0.25, -0.2) is 9.50 Å². The van der Waals surface area contributed by atoms with E-state index in [1.807, 2.05) is 30.3 Å². The summed E-state index contributed by atoms with van der Waals surface area (Å²) in [6, 6.07) is 9.35. The van der Waals surface area contributed by atoms with Crippen molar-refractivity contribution in [1.82, 2.24) is 19.5 Å². The summed E-state index contributed by atoms with van der Waals surface area (Å²) in [4.78, 5) is 21.0. The number of morpholine rings is 1. The molecule has 0 saturated carbocycles. The second-order valence-electron chi connectivity index (χ2n) is 6.98. The van der Waals surface area contributed by atoms with Crippen LogP contribution >= 0.6 is 0 Å². The molecule has 1 amide bonds. The normalized spacial score (nSPS) is 14.5. The Labute approximate surface area is 163 Å². The first kappa shape index (κ1) is 18.4. The molecule has 0 spiro atoms. The molecule has 0 atom stereocenters. The van der Waals surface area contributed by atoms with Crippen LogP contribution in [-0.4, -0.2) is 70.9 Å². The molecule has 3 heterocycles. The highest BCUT2D eigenvalue weighted by Crippen LogP contribution is 2.26. The van der Waals surface area contributed by atoms with Crippen molar-refractivity contribution in [2.75, 3.05) is 45.3 Å². The molecule has 1 aromatic carbocycles. The maximum Gasteiger partial charge on any atom is 0.254 e. The largest absolute Gasteiger partial charge is 0.392 e. The van der Waals surface area contributed by atoms with Crippen LogP contribution < -0.4 is 4.90 Å². The van der Waals surface area contributed by atoms with Gasteiger partial charge in [0.2, 0.25) is 0 Å². The Balaban J connectivity index is 1.87. The predicted molar refractivity (Wildman–Crippen MR) is 105 cm³/mol. The zero-order valence-corrected chi connectivity index (χ0v) is 16.0. The molecule has 4 rings (SSSR count). The molecule has 1 saturated heterocycles. The van der Waals surface area contributed by atoms with Crippen LogP contribution in [0, 0.1) is 0 Å². The van der Waals surface area contributed by atoms with Crippen LogP contribution in [0.25, 0.3) is 16.9 Å². The monoisotopic (exact) mass is 381 g/mol. The number of benzene rings is 1. The van der Waals surface area contributed by atoms with E-state index in [0.29, 0.717) is 24.6 Å². The van der Waals surface area contributed by atoms with E-state index in [4.69, 9.17) is 9.72 Å². The van der Waals surface area contributed by atoms with Crippen LogP contribution in [-0.2, 0) is 11.3 Å². The van der Waals surface area contributed by atoms with Crippen LogP contribution in [0.1, 0.15) is 15.9 Å². The van der Waals surface area contributed by atoms with E-state index in [1.54, 1.807) is 29.7 Å². The zero-order chi connectivity index (χ0) is 19.7. The summed E-state index contributed by atoms with van der Waals surface area (Å²) >= 11 is 0. The SMILES string of the molecule is CN(C)C(=O)c1cc2c(N3CCOCC3)nc(-c3cccc(CO)c3)nn2c1. The Hall–Kier alpha value is -2.97. The number of aromatic nitrogens is 3. The second kappa shape index (κ2) is 7.57. The summed E-state index contributed by atoms with van der Waals surface area (Å²) in [5, 5.41) is 14.1. The van der Waals surface area contributed by atoms with Crippen molar-refractivity contribution >= 4 is 17.2 Å². The summed E-state index contributed by atoms with van der Waals surface area (Å²) < 4.78 is 7.19. The van der Waals surface area contributed by atoms with Crippen LogP contribution in [0.5, 0.6) is 0 Å². The van der Waals surface area contributed by atoms with Gasteiger partial charge in [-0.2, -0.15) is 0 Å². The lowest BCUT2D eigenvalue weighted by Crippen LogP contribution is -2.37. The van der Waals surface area contributed by atoms with Gasteiger partial charge < -0.3 is 19.6 Å². The number of fused-ring (bicyclic) bond motifs is 1. The second-order valence-corrected chi connectivity index (χ2v) is 6.98. The molecule has 28 heavy (non-hydrogen) atoms. The molecule has 0 radical (unpaired) electrons. The lowest BCUT2D eigenvalue weighted by atomic mass is 10.1. The smallest absolute Gasteiger partial charge is 0.254 e. The van der Waals surface area contributed by atoms with Crippen LogP contribution in [0.3, 0.4) is 0 Å². The minimum absolute atomic E-state index is 0.0442. The highest BCUT2D eigenvalue weighted by molar-refractivity contribution is 5.96. The molecule has 0 bridgehead atoms. The molecule has 8 heteroatoms. The standard InChI is InChI=1S/C20H23N5O3/c1-23(2)20(27)16-11-17-19(24-6-8-28-9-7-24)21-18(22-25(17)12-16)15-5-3-4-14(10-15)13-26/h3-5,10-12,26H,6-9,13H2,1-2H3. The van der Waals surface area contributed by atoms with Gasteiger partial charge in [0.15, 0.2) is 11.6 Å². The highest BCUT2D eigenvalue weighted by atomic mass is 16.5. The van der Waals surface area contributed by atoms with E-state index >= 15 is 0 Å². The molecule has 1 N–H and O–H groups in total. The fraction of sp³-hybridized carbons (Fsp3) is 0.350. The Morgan fingerprint density at radius 1 is 1.25 bits per heavy atom. The fourth-order valence-electron chi connectivity index (χ4n) is 3.30. The van der Waals surface area contributed by atoms with Gasteiger partial charge in [-0.05, 0) is 17.7 Å². The van der Waals surface area contributed by atoms with Crippen molar-refractivity contribution in [1.29, 1.82) is 0 Å². The molecule has 1 fully saturated rings. The van der Waals surface area contributed by atoms with Gasteiger partial charge in [0.25, 0.3) is 5.91 Å². The van der Waals surface area contributed by atoms with Crippen molar-refractivity contribution < 1.29 is 14.6 Å². The third-order valence-corrected chi connectivity index (χ3v) is 4.78. The Kier molecular flexibility index (Phi) is 4.97. The number of anilines is 1. The Morgan fingerprint density at radius 3 is 2.75 bits per heavy atom. The number of aliphatic hydroxyl groups is 1. The molecule has 1 aliphatic rings. The van der Waals surface area contributed by atoms with Gasteiger partial charge in [0, 0.05) is 38.9 Å². The lowest BCUT2D eigenvalue weighted by Gasteiger charge is -2.28. The summed E-state index contributed by atoms with van der Waals surface area (Å²) in [5.41, 5.74) is 2.96. The van der Waals surface area contributed by atoms with E-state index in [1.165, 1.54) is 0 Å². The van der Waals surface area contributed by atoms with Gasteiger partial charge >= 0.3 is 0 Å². The van der Waals surface area contributed by atoms with Crippen molar-refractivity contribution in [2.45, 2.75) is 6.61 Å². The number of ether oxygens (including phenoxy) is 1. The minimum Gasteiger partial charge on any atom is -0.392 e. The first-order valence-corrected chi connectivity index (χ1v) is 9.22. The number of hydrogen-bond donors (Lipinski definition) is 1. The summed E-state index contributed by atoms with van der Waals surface area (Å²) in [6.07, 6.45) is 1.74. The Bertz CT molecular complexity index is 1010. The molecule has 3 aromatic rings. The fourth-order valence-corrected chi connectivity index (χ4v) is 3.30. The van der Waals surface area contributed by atoms with Gasteiger partial charge in [-0.3, -0.25) is 4.79 Å². The molecular weight excluding hydrogens is 358 g/mol. The van der Waals surface area contributed by atoms with E-state index in [9.17, 15) is 9.90 Å². The summed E-state index contributed by atoms with van der Waals surface area (Å²) in [7, 11) is 3.45. The van der Waals surface area contributed by atoms with E-state index in [-0.39, 0.29) is 12.5 Å². The number of hydrogen-bond acceptors (Lipinski definition) is 6. The van der Waals surface area contributed by atoms with E-state index in [2.05, 4.69) is 10.00 Å². The molecule has 146 valence electrons. The molecule has 2 aromatic heterocycles. The molecule has 8 nitrogen and oxygen atoms in total. The molecule has 1 aliphatic heterocycles. The quantitative estimate of drug-likeness (QED) is 0.736. The maximum atomic E-state index is 12.4. The number of aliphatic hydroxyl groups excluding tert-OH is 1. The van der Waals surface area contributed by atoms with Gasteiger partial charge in [0.05, 0.1) is 25.4 Å². The van der Waals surface area contributed by atoms with Crippen molar-refractivity contribution in [3.63, 3.8) is 0 Å². The van der Waals surface area contributed by atoms with E-state index in [0.717, 1.165) is 35.6 Å². The first-order valence-electron chi connectivity index (χ1n) is 9.22. The number of rotatable bonds is 4. The molecule has 0 unspecified atom stereocenters. The van der Waals surface area contributed by atoms with Crippen LogP contribution in [0.2, 0.25) is 0 Å². The van der Waals surface area contributed by atoms with Crippen LogP contribution in [0.15, 0.2) is 36.5 Å². The maximum absolute atomic E-state index is 12.4. The number of carbonyl (C=O) groups is 1. The topological polar surface area (TPSA) is 83.2 Å². The number of nitrogens with zero attached hydrogens (tertiary/aromatic N) is 5. The van der Waals surface area contributed by atoms with Crippen LogP contribution in [0.4, 0.5) is 5.82 Å². The number of carbonyl (C=O) groups excluding carboxylic acids is 1. The van der Waals surface area contributed by atoms with Gasteiger partial charge in [0.1, 0.15) is 5.52 Å². The molecular formula is C20H23N5O3. The van der Waals surface area contributed by atoms with E-state index < -0.39 is 0 Å². The van der Waals surface area contributed by atoms with Gasteiger partial charge in [-0.15, -0.1) is 5.10 Å². The summed E-state index contributed by atoms with van der Waals surface area (Å²) in [5.74, 6) is 1.24. The third-order valence-electron chi connectivity index (χ3n) is 4.78. The van der Waals surface area contributed by atoms with Crippen molar-refractivity contribution in [2.24, 2.45) is 0 Å². The Morgan fingerprint density at radius 2 is 2.04 bits per heavy atom. The lowest BCUT2D eigenvalue weighted by molar-refractivity contribution is 0.0827. The molecule has 0 aliphatic carbocycles. The highest BCUT2D eigenvalue weighted by Gasteiger charge is 2.21. The van der Waals surface area contributed by atoms with Crippen molar-refractivity contribution in [3.05, 3.63) is 47.7 Å². The zero-order valence-electron chi connectivity index (χ0n) is 16.0. The first-order chi connectivity index (χ1) is 13.6. The number of amides is 1. The average Bonchev–Trinajstić information content (AvgIpc) is 3.17. The average molecular weight is 381 g/mol. The third kappa shape index (κ3) is 3.44. The minimum atomic E-state index is -0.0812. The summed E-state index contributed by atoms with van der Waals surface area (Å²) in [6.45, 7) is 2.68. The van der Waals surface area contributed by atoms with Crippen molar-refractivity contribution in [3.8, 4) is 11.4 Å². The predicted octanol–water partition coefficient (Wildman–Crippen LogP) is 1.43.